The minimum atomic E-state index is -0.575. The Morgan fingerprint density at radius 2 is 0.831 bits per heavy atom. The van der Waals surface area contributed by atoms with Gasteiger partial charge in [-0.05, 0) is 79.5 Å². The number of ether oxygens (including phenoxy) is 4. The van der Waals surface area contributed by atoms with Crippen molar-refractivity contribution in [3.05, 3.63) is 90.8 Å². The first-order valence-electron chi connectivity index (χ1n) is 17.5. The molecule has 0 fully saturated rings. The number of methoxy groups -OCH3 is 4. The third-order valence-electron chi connectivity index (χ3n) is 7.63. The number of halogens is 2. The van der Waals surface area contributed by atoms with Gasteiger partial charge in [0, 0.05) is 44.9 Å². The van der Waals surface area contributed by atoms with Gasteiger partial charge >= 0.3 is 23.9 Å². The van der Waals surface area contributed by atoms with Crippen molar-refractivity contribution in [2.24, 2.45) is 0 Å². The molecule has 0 saturated heterocycles. The number of nitrogen functional groups attached to an aromatic ring is 4. The van der Waals surface area contributed by atoms with Crippen LogP contribution in [0.3, 0.4) is 0 Å². The van der Waals surface area contributed by atoms with Crippen LogP contribution in [0.5, 0.6) is 0 Å². The number of rotatable bonds is 4. The molecular formula is C39H56Cl2N10O8. The number of hydrogen-bond acceptors (Lipinski definition) is 18. The van der Waals surface area contributed by atoms with Crippen LogP contribution in [-0.4, -0.2) is 82.2 Å². The van der Waals surface area contributed by atoms with Crippen LogP contribution in [0, 0.1) is 55.4 Å². The van der Waals surface area contributed by atoms with Crippen molar-refractivity contribution in [1.82, 2.24) is 29.9 Å². The van der Waals surface area contributed by atoms with Crippen LogP contribution in [0.25, 0.3) is 0 Å². The third-order valence-corrected chi connectivity index (χ3v) is 8.17. The van der Waals surface area contributed by atoms with E-state index in [4.69, 9.17) is 46.1 Å². The van der Waals surface area contributed by atoms with Crippen molar-refractivity contribution in [3.8, 4) is 0 Å². The van der Waals surface area contributed by atoms with Gasteiger partial charge in [-0.15, -0.1) is 6.58 Å². The molecule has 324 valence electrons. The lowest BCUT2D eigenvalue weighted by Gasteiger charge is -2.10. The number of nitrogens with two attached hydrogens (primary N) is 4. The molecule has 4 aromatic rings. The Labute approximate surface area is 355 Å². The molecule has 8 N–H and O–H groups in total. The highest BCUT2D eigenvalue weighted by molar-refractivity contribution is 6.30. The van der Waals surface area contributed by atoms with E-state index >= 15 is 0 Å². The molecule has 0 saturated carbocycles. The standard InChI is InChI=1S/C10H14N2O2.C9H11ClN2O2.C8H11N3O2.C7H8ClN3O2.C3H6.C2H6/c1-5-7(3)12-9(10(13)14-4)6(2)8(5)11;1-4-6(11)5(2)8(10)12-7(4)9(13)14-3;1-4-6(8(12)13-3)10-5(2)11-7(4)9;1-3-4(6(12)13-2)10-7(8)11-5(3)9;1-3-2;1-2/h1-4H3,(H2,11,12);1-3H3,(H2,11,12);1-3H3,(H2,9,10,11);1-2H3,(H2,9,10,11);3H,1H2,2H3;1-2H3. The van der Waals surface area contributed by atoms with Gasteiger partial charge in [-0.2, -0.15) is 0 Å². The molecule has 0 radical (unpaired) electrons. The van der Waals surface area contributed by atoms with Gasteiger partial charge < -0.3 is 41.9 Å². The lowest BCUT2D eigenvalue weighted by atomic mass is 10.1. The second-order valence-corrected chi connectivity index (χ2v) is 12.2. The fourth-order valence-corrected chi connectivity index (χ4v) is 4.42. The smallest absolute Gasteiger partial charge is 0.357 e. The fourth-order valence-electron chi connectivity index (χ4n) is 4.06. The Kier molecular flexibility index (Phi) is 24.9. The molecule has 0 aliphatic rings. The number of aromatic nitrogens is 6. The summed E-state index contributed by atoms with van der Waals surface area (Å²) in [5, 5.41) is 0.164. The number of carbonyl (C=O) groups excluding carboxylic acids is 4. The maximum atomic E-state index is 11.3. The summed E-state index contributed by atoms with van der Waals surface area (Å²) >= 11 is 11.3. The zero-order valence-electron chi connectivity index (χ0n) is 36.3. The number of aryl methyl sites for hydroxylation is 2. The Bertz CT molecular complexity index is 1970. The van der Waals surface area contributed by atoms with Gasteiger partial charge in [0.2, 0.25) is 5.28 Å². The fraction of sp³-hybridized carbons (Fsp3) is 0.385. The Balaban J connectivity index is 0. The van der Waals surface area contributed by atoms with E-state index in [-0.39, 0.29) is 33.3 Å². The minimum Gasteiger partial charge on any atom is -0.464 e. The van der Waals surface area contributed by atoms with Gasteiger partial charge in [-0.1, -0.05) is 31.5 Å². The van der Waals surface area contributed by atoms with E-state index in [0.29, 0.717) is 56.5 Å². The molecule has 0 bridgehead atoms. The molecule has 0 atom stereocenters. The largest absolute Gasteiger partial charge is 0.464 e. The summed E-state index contributed by atoms with van der Waals surface area (Å²) in [4.78, 5) is 68.1. The Morgan fingerprint density at radius 3 is 1.22 bits per heavy atom. The van der Waals surface area contributed by atoms with Gasteiger partial charge in [0.15, 0.2) is 22.8 Å². The van der Waals surface area contributed by atoms with E-state index in [9.17, 15) is 19.2 Å². The number of pyridine rings is 2. The summed E-state index contributed by atoms with van der Waals surface area (Å²) in [5.41, 5.74) is 29.1. The third kappa shape index (κ3) is 16.0. The van der Waals surface area contributed by atoms with E-state index in [1.165, 1.54) is 28.4 Å². The SMILES string of the molecule is C=CC.CC.COC(=O)c1nc(C)c(C)c(N)c1C.COC(=O)c1nc(C)nc(N)c1C.COC(=O)c1nc(Cl)c(C)c(N)c1C.COC(=O)c1nc(Cl)nc(N)c1C. The molecule has 59 heavy (non-hydrogen) atoms. The summed E-state index contributed by atoms with van der Waals surface area (Å²) in [7, 11) is 5.17. The number of hydrogen-bond donors (Lipinski definition) is 4. The quantitative estimate of drug-likeness (QED) is 0.0553. The molecule has 0 aliphatic heterocycles. The van der Waals surface area contributed by atoms with Crippen molar-refractivity contribution in [1.29, 1.82) is 0 Å². The van der Waals surface area contributed by atoms with E-state index in [2.05, 4.69) is 55.4 Å². The Morgan fingerprint density at radius 1 is 0.508 bits per heavy atom. The number of anilines is 4. The highest BCUT2D eigenvalue weighted by Gasteiger charge is 2.19. The minimum absolute atomic E-state index is 0.0662. The van der Waals surface area contributed by atoms with Crippen LogP contribution < -0.4 is 22.9 Å². The summed E-state index contributed by atoms with van der Waals surface area (Å²) in [6.45, 7) is 23.1. The van der Waals surface area contributed by atoms with Crippen LogP contribution in [0.4, 0.5) is 23.0 Å². The molecule has 4 rings (SSSR count). The van der Waals surface area contributed by atoms with Crippen LogP contribution >= 0.6 is 23.2 Å². The highest BCUT2D eigenvalue weighted by Crippen LogP contribution is 2.25. The molecule has 0 aliphatic carbocycles. The second-order valence-electron chi connectivity index (χ2n) is 11.5. The first kappa shape index (κ1) is 55.0. The molecule has 0 spiro atoms. The van der Waals surface area contributed by atoms with Gasteiger partial charge in [-0.25, -0.2) is 49.1 Å². The van der Waals surface area contributed by atoms with E-state index in [0.717, 1.165) is 11.3 Å². The topological polar surface area (TPSA) is 287 Å². The lowest BCUT2D eigenvalue weighted by molar-refractivity contribution is 0.0584. The average Bonchev–Trinajstić information content (AvgIpc) is 3.22. The molecule has 0 amide bonds. The summed E-state index contributed by atoms with van der Waals surface area (Å²) in [6.07, 6.45) is 1.75. The van der Waals surface area contributed by atoms with E-state index in [1.54, 1.807) is 47.6 Å². The van der Waals surface area contributed by atoms with Crippen molar-refractivity contribution < 1.29 is 38.1 Å². The first-order chi connectivity index (χ1) is 27.5. The monoisotopic (exact) mass is 862 g/mol. The first-order valence-corrected chi connectivity index (χ1v) is 18.2. The summed E-state index contributed by atoms with van der Waals surface area (Å²) in [5.74, 6) is -1.09. The van der Waals surface area contributed by atoms with Crippen molar-refractivity contribution in [3.63, 3.8) is 0 Å². The Hall–Kier alpha value is -6.14. The molecule has 20 heteroatoms. The van der Waals surface area contributed by atoms with Crippen molar-refractivity contribution >= 4 is 70.1 Å². The normalized spacial score (nSPS) is 9.37. The maximum Gasteiger partial charge on any atom is 0.357 e. The van der Waals surface area contributed by atoms with Gasteiger partial charge in [-0.3, -0.25) is 0 Å². The number of allylic oxidation sites excluding steroid dienone is 1. The van der Waals surface area contributed by atoms with Gasteiger partial charge in [0.05, 0.1) is 28.4 Å². The predicted molar refractivity (Wildman–Crippen MR) is 231 cm³/mol. The number of esters is 4. The van der Waals surface area contributed by atoms with E-state index in [1.807, 2.05) is 34.6 Å². The van der Waals surface area contributed by atoms with E-state index < -0.39 is 23.9 Å². The maximum absolute atomic E-state index is 11.3. The summed E-state index contributed by atoms with van der Waals surface area (Å²) in [6, 6.07) is 0. The molecule has 0 aromatic carbocycles. The van der Waals surface area contributed by atoms with Gasteiger partial charge in [0.1, 0.15) is 22.6 Å². The molecule has 18 nitrogen and oxygen atoms in total. The van der Waals surface area contributed by atoms with Gasteiger partial charge in [0.25, 0.3) is 0 Å². The molecular weight excluding hydrogens is 807 g/mol. The van der Waals surface area contributed by atoms with Crippen LogP contribution in [-0.2, 0) is 18.9 Å². The molecule has 4 heterocycles. The highest BCUT2D eigenvalue weighted by atomic mass is 35.5. The van der Waals surface area contributed by atoms with Crippen LogP contribution in [0.15, 0.2) is 12.7 Å². The average molecular weight is 864 g/mol. The van der Waals surface area contributed by atoms with Crippen LogP contribution in [0.1, 0.15) is 108 Å². The zero-order chi connectivity index (χ0) is 46.5. The molecule has 0 unspecified atom stereocenters. The second kappa shape index (κ2) is 26.7. The van der Waals surface area contributed by atoms with Crippen LogP contribution in [0.2, 0.25) is 10.4 Å². The predicted octanol–water partition coefficient (Wildman–Crippen LogP) is 6.58. The lowest BCUT2D eigenvalue weighted by Crippen LogP contribution is -2.11. The summed E-state index contributed by atoms with van der Waals surface area (Å²) < 4.78 is 18.2. The van der Waals surface area contributed by atoms with Crippen molar-refractivity contribution in [2.45, 2.75) is 76.2 Å². The zero-order valence-corrected chi connectivity index (χ0v) is 37.8. The van der Waals surface area contributed by atoms with Crippen molar-refractivity contribution in [2.75, 3.05) is 51.4 Å². The number of carbonyl (C=O) groups is 4. The molecule has 4 aromatic heterocycles. The number of nitrogens with zero attached hydrogens (tertiary/aromatic N) is 6.